The molecule has 0 saturated carbocycles. The van der Waals surface area contributed by atoms with Gasteiger partial charge in [0, 0.05) is 42.1 Å². The van der Waals surface area contributed by atoms with E-state index in [4.69, 9.17) is 4.42 Å². The van der Waals surface area contributed by atoms with E-state index in [9.17, 15) is 0 Å². The van der Waals surface area contributed by atoms with Crippen molar-refractivity contribution in [2.24, 2.45) is 0 Å². The van der Waals surface area contributed by atoms with Crippen LogP contribution >= 0.6 is 11.3 Å². The van der Waals surface area contributed by atoms with Crippen molar-refractivity contribution >= 4 is 75.0 Å². The predicted molar refractivity (Wildman–Crippen MR) is 301 cm³/mol. The molecule has 15 rings (SSSR count). The first-order valence-electron chi connectivity index (χ1n) is 24.5. The average molecular weight is 919 g/mol. The molecule has 2 aromatic heterocycles. The van der Waals surface area contributed by atoms with Crippen LogP contribution in [0.15, 0.2) is 259 Å². The fraction of sp³-hybridized carbons (Fsp3) is 0.0145. The first-order valence-corrected chi connectivity index (χ1v) is 25.3. The van der Waals surface area contributed by atoms with Crippen LogP contribution in [-0.4, -0.2) is 0 Å². The Morgan fingerprint density at radius 2 is 0.775 bits per heavy atom. The zero-order chi connectivity index (χ0) is 46.6. The quantitative estimate of drug-likeness (QED) is 0.162. The summed E-state index contributed by atoms with van der Waals surface area (Å²) in [6.45, 7) is 0. The molecule has 2 heteroatoms. The van der Waals surface area contributed by atoms with Gasteiger partial charge in [-0.05, 0) is 125 Å². The Labute approximate surface area is 415 Å². The van der Waals surface area contributed by atoms with Crippen molar-refractivity contribution in [2.75, 3.05) is 0 Å². The Bertz CT molecular complexity index is 4160. The number of fused-ring (bicyclic) bond motifs is 13. The number of rotatable bonds is 6. The topological polar surface area (TPSA) is 13.1 Å². The monoisotopic (exact) mass is 918 g/mol. The third-order valence-corrected chi connectivity index (χ3v) is 16.5. The van der Waals surface area contributed by atoms with Crippen molar-refractivity contribution in [2.45, 2.75) is 5.41 Å². The molecule has 12 aromatic carbocycles. The van der Waals surface area contributed by atoms with Crippen LogP contribution in [0.4, 0.5) is 0 Å². The van der Waals surface area contributed by atoms with E-state index < -0.39 is 5.41 Å². The van der Waals surface area contributed by atoms with E-state index in [-0.39, 0.29) is 0 Å². The smallest absolute Gasteiger partial charge is 0.144 e. The predicted octanol–water partition coefficient (Wildman–Crippen LogP) is 19.3. The number of hydrogen-bond donors (Lipinski definition) is 0. The number of furan rings is 1. The summed E-state index contributed by atoms with van der Waals surface area (Å²) in [5.41, 5.74) is 18.0. The Hall–Kier alpha value is -8.82. The van der Waals surface area contributed by atoms with Crippen LogP contribution in [0.5, 0.6) is 0 Å². The van der Waals surface area contributed by atoms with Gasteiger partial charge < -0.3 is 4.42 Å². The second-order valence-electron chi connectivity index (χ2n) is 19.0. The molecule has 2 heterocycles. The maximum absolute atomic E-state index is 7.39. The van der Waals surface area contributed by atoms with Crippen molar-refractivity contribution in [1.29, 1.82) is 0 Å². The lowest BCUT2D eigenvalue weighted by Crippen LogP contribution is -2.28. The molecular formula is C69H42OS. The van der Waals surface area contributed by atoms with Gasteiger partial charge in [-0.15, -0.1) is 11.3 Å². The summed E-state index contributed by atoms with van der Waals surface area (Å²) in [6, 6.07) is 94.3. The Kier molecular flexibility index (Phi) is 8.81. The fourth-order valence-corrected chi connectivity index (χ4v) is 13.6. The molecule has 0 spiro atoms. The van der Waals surface area contributed by atoms with Crippen molar-refractivity contribution in [3.05, 3.63) is 277 Å². The molecule has 0 bridgehead atoms. The van der Waals surface area contributed by atoms with Gasteiger partial charge in [0.25, 0.3) is 0 Å². The molecule has 71 heavy (non-hydrogen) atoms. The molecule has 0 N–H and O–H groups in total. The maximum atomic E-state index is 7.39. The van der Waals surface area contributed by atoms with Crippen molar-refractivity contribution in [3.8, 4) is 55.6 Å². The van der Waals surface area contributed by atoms with Crippen molar-refractivity contribution in [3.63, 3.8) is 0 Å². The normalized spacial score (nSPS) is 12.9. The number of thiophene rings is 1. The molecular weight excluding hydrogens is 877 g/mol. The summed E-state index contributed by atoms with van der Waals surface area (Å²) in [5, 5.41) is 9.76. The standard InChI is InChI=1S/C69H42OS/c1-3-27-49(28-4-1)69(50-29-5-2-6-30-50)59-41-57(47-25-15-23-45(39-47)53-35-17-21-43-19-7-9-31-51(43)53)63-55-33-11-13-37-61(55)70-67(63)65(59)66-60(69)42-58(64-56-34-12-14-38-62(56)71-68(64)66)48-26-16-24-46(40-48)54-36-18-22-44-20-8-10-32-52(44)54/h1-42H. The summed E-state index contributed by atoms with van der Waals surface area (Å²) in [4.78, 5) is 0. The van der Waals surface area contributed by atoms with E-state index in [1.807, 2.05) is 11.3 Å². The average Bonchev–Trinajstić information content (AvgIpc) is 4.13. The lowest BCUT2D eigenvalue weighted by atomic mass is 9.67. The second-order valence-corrected chi connectivity index (χ2v) is 20.0. The molecule has 0 amide bonds. The molecule has 14 aromatic rings. The van der Waals surface area contributed by atoms with Gasteiger partial charge in [-0.2, -0.15) is 0 Å². The summed E-state index contributed by atoms with van der Waals surface area (Å²) >= 11 is 1.91. The molecule has 0 radical (unpaired) electrons. The molecule has 330 valence electrons. The van der Waals surface area contributed by atoms with Crippen LogP contribution in [0.2, 0.25) is 0 Å². The van der Waals surface area contributed by atoms with E-state index in [0.717, 1.165) is 33.1 Å². The molecule has 1 nitrogen and oxygen atoms in total. The number of hydrogen-bond acceptors (Lipinski definition) is 2. The molecule has 1 aliphatic rings. The highest BCUT2D eigenvalue weighted by Gasteiger charge is 2.49. The highest BCUT2D eigenvalue weighted by molar-refractivity contribution is 7.26. The Balaban J connectivity index is 1.10. The molecule has 0 fully saturated rings. The largest absolute Gasteiger partial charge is 0.455 e. The minimum absolute atomic E-state index is 0.727. The minimum atomic E-state index is -0.727. The van der Waals surface area contributed by atoms with Gasteiger partial charge in [-0.3, -0.25) is 0 Å². The van der Waals surface area contributed by atoms with Gasteiger partial charge in [-0.25, -0.2) is 0 Å². The van der Waals surface area contributed by atoms with Crippen LogP contribution < -0.4 is 0 Å². The van der Waals surface area contributed by atoms with E-state index in [1.54, 1.807) is 0 Å². The lowest BCUT2D eigenvalue weighted by molar-refractivity contribution is 0.669. The van der Waals surface area contributed by atoms with Crippen LogP contribution in [0.25, 0.3) is 119 Å². The first-order chi connectivity index (χ1) is 35.2. The minimum Gasteiger partial charge on any atom is -0.455 e. The fourth-order valence-electron chi connectivity index (χ4n) is 12.3. The lowest BCUT2D eigenvalue weighted by Gasteiger charge is -2.34. The first kappa shape index (κ1) is 40.1. The Morgan fingerprint density at radius 1 is 0.324 bits per heavy atom. The van der Waals surface area contributed by atoms with Gasteiger partial charge in [0.15, 0.2) is 0 Å². The van der Waals surface area contributed by atoms with E-state index in [1.165, 1.54) is 108 Å². The van der Waals surface area contributed by atoms with E-state index in [0.29, 0.717) is 0 Å². The highest BCUT2D eigenvalue weighted by atomic mass is 32.1. The maximum Gasteiger partial charge on any atom is 0.144 e. The van der Waals surface area contributed by atoms with Crippen LogP contribution in [0.1, 0.15) is 22.3 Å². The molecule has 0 unspecified atom stereocenters. The molecule has 1 aliphatic carbocycles. The van der Waals surface area contributed by atoms with Gasteiger partial charge in [-0.1, -0.05) is 218 Å². The van der Waals surface area contributed by atoms with E-state index >= 15 is 0 Å². The van der Waals surface area contributed by atoms with Gasteiger partial charge in [0.1, 0.15) is 11.2 Å². The Morgan fingerprint density at radius 3 is 1.38 bits per heavy atom. The summed E-state index contributed by atoms with van der Waals surface area (Å²) in [7, 11) is 0. The highest BCUT2D eigenvalue weighted by Crippen LogP contribution is 2.64. The van der Waals surface area contributed by atoms with Crippen LogP contribution in [0.3, 0.4) is 0 Å². The van der Waals surface area contributed by atoms with Crippen molar-refractivity contribution < 1.29 is 4.42 Å². The van der Waals surface area contributed by atoms with Crippen molar-refractivity contribution in [1.82, 2.24) is 0 Å². The third-order valence-electron chi connectivity index (χ3n) is 15.3. The zero-order valence-corrected chi connectivity index (χ0v) is 39.4. The summed E-state index contributed by atoms with van der Waals surface area (Å²) in [5.74, 6) is 0. The van der Waals surface area contributed by atoms with E-state index in [2.05, 4.69) is 255 Å². The third kappa shape index (κ3) is 5.86. The van der Waals surface area contributed by atoms with Crippen LogP contribution in [-0.2, 0) is 5.41 Å². The number of para-hydroxylation sites is 1. The van der Waals surface area contributed by atoms with Gasteiger partial charge in [0.05, 0.1) is 5.41 Å². The number of benzene rings is 12. The second kappa shape index (κ2) is 15.6. The molecule has 0 atom stereocenters. The molecule has 0 saturated heterocycles. The summed E-state index contributed by atoms with van der Waals surface area (Å²) < 4.78 is 9.94. The van der Waals surface area contributed by atoms with Gasteiger partial charge in [0.2, 0.25) is 0 Å². The summed E-state index contributed by atoms with van der Waals surface area (Å²) in [6.07, 6.45) is 0. The van der Waals surface area contributed by atoms with Crippen LogP contribution in [0, 0.1) is 0 Å². The SMILES string of the molecule is c1ccc(C2(c3ccccc3)c3cc(-c4cccc(-c5cccc6ccccc56)c4)c4c(oc5ccccc54)c3-c3c2cc(-c2cccc(-c4cccc5ccccc45)c2)c2c3sc3ccccc32)cc1. The molecule has 0 aliphatic heterocycles. The zero-order valence-electron chi connectivity index (χ0n) is 38.6. The van der Waals surface area contributed by atoms with Gasteiger partial charge >= 0.3 is 0 Å².